The minimum Gasteiger partial charge on any atom is -0.379 e. The van der Waals surface area contributed by atoms with E-state index < -0.39 is 0 Å². The summed E-state index contributed by atoms with van der Waals surface area (Å²) in [6.45, 7) is 11.5. The molecule has 1 N–H and O–H groups in total. The molecule has 0 aliphatic carbocycles. The van der Waals surface area contributed by atoms with Crippen LogP contribution in [0.3, 0.4) is 0 Å². The third-order valence-electron chi connectivity index (χ3n) is 2.96. The van der Waals surface area contributed by atoms with Crippen molar-refractivity contribution in [1.82, 2.24) is 5.32 Å². The largest absolute Gasteiger partial charge is 0.379 e. The highest BCUT2D eigenvalue weighted by Crippen LogP contribution is 2.30. The van der Waals surface area contributed by atoms with Crippen LogP contribution in [-0.4, -0.2) is 24.0 Å². The Morgan fingerprint density at radius 3 is 2.56 bits per heavy atom. The standard InChI is InChI=1S/C15H23NOS/c1-11-7-12(8-16-15(2,3)4)5-6-14(11)18-13-9-17-10-13/h5-7,13,16H,8-10H2,1-4H3. The predicted octanol–water partition coefficient (Wildman–Crippen LogP) is 3.37. The third-order valence-corrected chi connectivity index (χ3v) is 4.28. The van der Waals surface area contributed by atoms with Gasteiger partial charge >= 0.3 is 0 Å². The zero-order valence-electron chi connectivity index (χ0n) is 11.7. The van der Waals surface area contributed by atoms with Gasteiger partial charge in [-0.25, -0.2) is 0 Å². The Morgan fingerprint density at radius 1 is 1.33 bits per heavy atom. The summed E-state index contributed by atoms with van der Waals surface area (Å²) < 4.78 is 5.22. The lowest BCUT2D eigenvalue weighted by Gasteiger charge is -2.26. The van der Waals surface area contributed by atoms with E-state index in [9.17, 15) is 0 Å². The van der Waals surface area contributed by atoms with Crippen LogP contribution in [0.5, 0.6) is 0 Å². The van der Waals surface area contributed by atoms with Crippen LogP contribution in [0.1, 0.15) is 31.9 Å². The van der Waals surface area contributed by atoms with Crippen molar-refractivity contribution in [2.45, 2.75) is 49.9 Å². The van der Waals surface area contributed by atoms with Gasteiger partial charge in [0.05, 0.1) is 18.5 Å². The number of rotatable bonds is 4. The van der Waals surface area contributed by atoms with Gasteiger partial charge in [0.25, 0.3) is 0 Å². The SMILES string of the molecule is Cc1cc(CNC(C)(C)C)ccc1SC1COC1. The molecule has 1 aromatic rings. The molecule has 0 amide bonds. The van der Waals surface area contributed by atoms with Gasteiger partial charge in [-0.05, 0) is 44.9 Å². The Balaban J connectivity index is 1.95. The van der Waals surface area contributed by atoms with Crippen molar-refractivity contribution in [2.24, 2.45) is 0 Å². The van der Waals surface area contributed by atoms with Crippen molar-refractivity contribution < 1.29 is 4.74 Å². The van der Waals surface area contributed by atoms with E-state index >= 15 is 0 Å². The monoisotopic (exact) mass is 265 g/mol. The highest BCUT2D eigenvalue weighted by Gasteiger charge is 2.20. The molecular weight excluding hydrogens is 242 g/mol. The highest BCUT2D eigenvalue weighted by molar-refractivity contribution is 8.00. The average Bonchev–Trinajstić information content (AvgIpc) is 2.21. The van der Waals surface area contributed by atoms with E-state index in [0.29, 0.717) is 5.25 Å². The molecule has 0 bridgehead atoms. The molecule has 0 unspecified atom stereocenters. The van der Waals surface area contributed by atoms with Crippen LogP contribution < -0.4 is 5.32 Å². The van der Waals surface area contributed by atoms with E-state index in [-0.39, 0.29) is 5.54 Å². The fourth-order valence-corrected chi connectivity index (χ4v) is 2.86. The van der Waals surface area contributed by atoms with Crippen molar-refractivity contribution >= 4 is 11.8 Å². The van der Waals surface area contributed by atoms with Crippen LogP contribution in [0, 0.1) is 6.92 Å². The normalized spacial score (nSPS) is 16.7. The molecule has 1 saturated heterocycles. The molecule has 3 heteroatoms. The van der Waals surface area contributed by atoms with Crippen LogP contribution in [0.25, 0.3) is 0 Å². The van der Waals surface area contributed by atoms with Crippen molar-refractivity contribution in [3.8, 4) is 0 Å². The zero-order chi connectivity index (χ0) is 13.2. The summed E-state index contributed by atoms with van der Waals surface area (Å²) in [4.78, 5) is 1.39. The summed E-state index contributed by atoms with van der Waals surface area (Å²) >= 11 is 1.94. The fraction of sp³-hybridized carbons (Fsp3) is 0.600. The molecule has 0 aromatic heterocycles. The van der Waals surface area contributed by atoms with Crippen molar-refractivity contribution in [3.05, 3.63) is 29.3 Å². The summed E-state index contributed by atoms with van der Waals surface area (Å²) in [7, 11) is 0. The summed E-state index contributed by atoms with van der Waals surface area (Å²) in [5.74, 6) is 0. The molecule has 1 fully saturated rings. The first kappa shape index (κ1) is 13.9. The fourth-order valence-electron chi connectivity index (χ4n) is 1.78. The van der Waals surface area contributed by atoms with E-state index in [2.05, 4.69) is 51.2 Å². The molecule has 2 nitrogen and oxygen atoms in total. The molecule has 1 aromatic carbocycles. The molecule has 1 heterocycles. The Labute approximate surface area is 114 Å². The van der Waals surface area contributed by atoms with Gasteiger partial charge in [0, 0.05) is 17.0 Å². The molecule has 2 rings (SSSR count). The molecule has 100 valence electrons. The van der Waals surface area contributed by atoms with Crippen molar-refractivity contribution in [3.63, 3.8) is 0 Å². The van der Waals surface area contributed by atoms with Crippen LogP contribution in [0.4, 0.5) is 0 Å². The van der Waals surface area contributed by atoms with E-state index in [4.69, 9.17) is 4.74 Å². The highest BCUT2D eigenvalue weighted by atomic mass is 32.2. The first-order valence-corrected chi connectivity index (χ1v) is 7.41. The number of thioether (sulfide) groups is 1. The molecular formula is C15H23NOS. The van der Waals surface area contributed by atoms with Crippen LogP contribution >= 0.6 is 11.8 Å². The summed E-state index contributed by atoms with van der Waals surface area (Å²) in [5.41, 5.74) is 2.90. The van der Waals surface area contributed by atoms with Gasteiger partial charge in [0.2, 0.25) is 0 Å². The lowest BCUT2D eigenvalue weighted by molar-refractivity contribution is 0.0455. The summed E-state index contributed by atoms with van der Waals surface area (Å²) in [5, 5.41) is 4.18. The van der Waals surface area contributed by atoms with Gasteiger partial charge in [-0.3, -0.25) is 0 Å². The number of aryl methyl sites for hydroxylation is 1. The Hall–Kier alpha value is -0.510. The smallest absolute Gasteiger partial charge is 0.0611 e. The molecule has 1 aliphatic rings. The first-order valence-electron chi connectivity index (χ1n) is 6.53. The van der Waals surface area contributed by atoms with Gasteiger partial charge in [0.15, 0.2) is 0 Å². The Kier molecular flexibility index (Phi) is 4.36. The van der Waals surface area contributed by atoms with Gasteiger partial charge in [-0.1, -0.05) is 12.1 Å². The lowest BCUT2D eigenvalue weighted by atomic mass is 10.1. The quantitative estimate of drug-likeness (QED) is 0.902. The van der Waals surface area contributed by atoms with E-state index in [0.717, 1.165) is 19.8 Å². The number of hydrogen-bond acceptors (Lipinski definition) is 3. The zero-order valence-corrected chi connectivity index (χ0v) is 12.6. The van der Waals surface area contributed by atoms with Gasteiger partial charge in [0.1, 0.15) is 0 Å². The molecule has 1 aliphatic heterocycles. The van der Waals surface area contributed by atoms with Crippen molar-refractivity contribution in [2.75, 3.05) is 13.2 Å². The van der Waals surface area contributed by atoms with Crippen LogP contribution in [-0.2, 0) is 11.3 Å². The van der Waals surface area contributed by atoms with E-state index in [1.165, 1.54) is 16.0 Å². The third kappa shape index (κ3) is 4.01. The maximum Gasteiger partial charge on any atom is 0.0611 e. The predicted molar refractivity (Wildman–Crippen MR) is 78.2 cm³/mol. The topological polar surface area (TPSA) is 21.3 Å². The number of hydrogen-bond donors (Lipinski definition) is 1. The van der Waals surface area contributed by atoms with Gasteiger partial charge in [-0.2, -0.15) is 0 Å². The second kappa shape index (κ2) is 5.64. The van der Waals surface area contributed by atoms with Gasteiger partial charge < -0.3 is 10.1 Å². The maximum atomic E-state index is 5.22. The number of benzene rings is 1. The maximum absolute atomic E-state index is 5.22. The van der Waals surface area contributed by atoms with Crippen LogP contribution in [0.2, 0.25) is 0 Å². The molecule has 0 radical (unpaired) electrons. The van der Waals surface area contributed by atoms with E-state index in [1.807, 2.05) is 11.8 Å². The second-order valence-electron chi connectivity index (χ2n) is 5.98. The van der Waals surface area contributed by atoms with Crippen molar-refractivity contribution in [1.29, 1.82) is 0 Å². The Bertz CT molecular complexity index is 407. The Morgan fingerprint density at radius 2 is 2.06 bits per heavy atom. The summed E-state index contributed by atoms with van der Waals surface area (Å²) in [6.07, 6.45) is 0. The number of ether oxygens (including phenoxy) is 1. The number of nitrogens with one attached hydrogen (secondary N) is 1. The molecule has 0 spiro atoms. The molecule has 0 atom stereocenters. The van der Waals surface area contributed by atoms with Gasteiger partial charge in [-0.15, -0.1) is 11.8 Å². The van der Waals surface area contributed by atoms with E-state index in [1.54, 1.807) is 0 Å². The van der Waals surface area contributed by atoms with Crippen LogP contribution in [0.15, 0.2) is 23.1 Å². The minimum atomic E-state index is 0.171. The molecule has 18 heavy (non-hydrogen) atoms. The average molecular weight is 265 g/mol. The lowest BCUT2D eigenvalue weighted by Crippen LogP contribution is -2.35. The minimum absolute atomic E-state index is 0.171. The first-order chi connectivity index (χ1) is 8.44. The summed E-state index contributed by atoms with van der Waals surface area (Å²) in [6, 6.07) is 6.77. The second-order valence-corrected chi connectivity index (χ2v) is 7.32. The molecule has 0 saturated carbocycles.